The lowest BCUT2D eigenvalue weighted by atomic mass is 10.1. The Labute approximate surface area is 768 Å². The predicted octanol–water partition coefficient (Wildman–Crippen LogP) is 13.0. The molecule has 0 radical (unpaired) electrons. The first-order valence-corrected chi connectivity index (χ1v) is 42.8. The second-order valence-electron chi connectivity index (χ2n) is 30.5. The van der Waals surface area contributed by atoms with Crippen LogP contribution in [0.15, 0.2) is 153 Å². The quantitative estimate of drug-likeness (QED) is 0.0109. The molecule has 11 N–H and O–H groups in total. The van der Waals surface area contributed by atoms with Crippen molar-refractivity contribution < 1.29 is 49.7 Å². The van der Waals surface area contributed by atoms with Crippen LogP contribution in [-0.2, 0) is 20.1 Å². The lowest BCUT2D eigenvalue weighted by Gasteiger charge is -2.13. The van der Waals surface area contributed by atoms with Crippen LogP contribution in [0.1, 0.15) is 78.2 Å². The number of aromatic nitrogens is 27. The number of tetrazole rings is 4. The molecule has 0 saturated carbocycles. The number of benzene rings is 4. The highest BCUT2D eigenvalue weighted by Gasteiger charge is 2.29. The van der Waals surface area contributed by atoms with Crippen LogP contribution in [0.2, 0.25) is 5.15 Å². The highest BCUT2D eigenvalue weighted by atomic mass is 35.5. The van der Waals surface area contributed by atoms with E-state index in [0.717, 1.165) is 91.8 Å². The van der Waals surface area contributed by atoms with E-state index in [4.69, 9.17) is 53.5 Å². The lowest BCUT2D eigenvalue weighted by molar-refractivity contribution is 0.289. The van der Waals surface area contributed by atoms with Gasteiger partial charge in [0, 0.05) is 114 Å². The molecule has 0 amide bonds. The molecule has 12 heterocycles. The van der Waals surface area contributed by atoms with Gasteiger partial charge in [0.05, 0.1) is 67.3 Å². The number of hydrogen-bond donors (Lipinski definition) is 7. The Morgan fingerprint density at radius 1 is 0.381 bits per heavy atom. The molecule has 4 aromatic carbocycles. The molecule has 134 heavy (non-hydrogen) atoms. The molecule has 698 valence electrons. The Balaban J connectivity index is 0.000000152. The molecule has 0 bridgehead atoms. The van der Waals surface area contributed by atoms with Gasteiger partial charge in [-0.2, -0.15) is 47.2 Å². The monoisotopic (exact) mass is 1860 g/mol. The van der Waals surface area contributed by atoms with Crippen molar-refractivity contribution in [2.45, 2.75) is 92.7 Å². The van der Waals surface area contributed by atoms with Crippen molar-refractivity contribution in [1.82, 2.24) is 151 Å². The molecular formula is C88H96ClF7N34O4. The van der Waals surface area contributed by atoms with Gasteiger partial charge in [-0.25, -0.2) is 42.5 Å². The number of unbranched alkanes of at least 4 members (excludes halogenated alkanes) is 2. The number of anilines is 4. The summed E-state index contributed by atoms with van der Waals surface area (Å²) in [5.41, 5.74) is 32.2. The van der Waals surface area contributed by atoms with Crippen LogP contribution >= 0.6 is 11.6 Å². The summed E-state index contributed by atoms with van der Waals surface area (Å²) in [5.74, 6) is -5.62. The van der Waals surface area contributed by atoms with E-state index in [-0.39, 0.29) is 106 Å². The molecule has 0 unspecified atom stereocenters. The number of halogens is 8. The van der Waals surface area contributed by atoms with Crippen molar-refractivity contribution in [3.05, 3.63) is 205 Å². The minimum atomic E-state index is -1.15. The van der Waals surface area contributed by atoms with Crippen molar-refractivity contribution in [2.75, 3.05) is 90.1 Å². The van der Waals surface area contributed by atoms with Crippen LogP contribution in [-0.4, -0.2) is 202 Å². The van der Waals surface area contributed by atoms with E-state index in [0.29, 0.717) is 95.7 Å². The third-order valence-corrected chi connectivity index (χ3v) is 20.6. The van der Waals surface area contributed by atoms with Crippen LogP contribution in [0.3, 0.4) is 0 Å². The fraction of sp³-hybridized carbons (Fsp3) is 0.295. The molecule has 0 fully saturated rings. The maximum absolute atomic E-state index is 15.3. The Hall–Kier alpha value is -15.4. The number of nitrogens with zero attached hydrogens (tertiary/aromatic N) is 27. The summed E-state index contributed by atoms with van der Waals surface area (Å²) in [4.78, 5) is 20.9. The van der Waals surface area contributed by atoms with Crippen LogP contribution in [0.4, 0.5) is 54.0 Å². The third kappa shape index (κ3) is 23.0. The maximum atomic E-state index is 15.3. The molecule has 0 saturated heterocycles. The molecule has 16 rings (SSSR count). The normalized spacial score (nSPS) is 11.2. The number of nitrogen functional groups attached to an aromatic ring is 4. The second kappa shape index (κ2) is 45.4. The molecule has 16 aromatic rings. The zero-order valence-corrected chi connectivity index (χ0v) is 75.1. The van der Waals surface area contributed by atoms with Crippen LogP contribution < -0.4 is 57.8 Å². The molecule has 0 spiro atoms. The van der Waals surface area contributed by atoms with E-state index in [1.807, 2.05) is 41.1 Å². The maximum Gasteiger partial charge on any atom is 0.202 e. The number of pyridine rings is 5. The van der Waals surface area contributed by atoms with Crippen molar-refractivity contribution >= 4 is 34.9 Å². The smallest absolute Gasteiger partial charge is 0.202 e. The number of hydrogen-bond acceptors (Lipinski definition) is 31. The molecule has 12 aromatic heterocycles. The summed E-state index contributed by atoms with van der Waals surface area (Å²) in [5, 5.41) is 68.3. The van der Waals surface area contributed by atoms with Gasteiger partial charge in [-0.15, -0.1) is 20.4 Å². The van der Waals surface area contributed by atoms with Gasteiger partial charge >= 0.3 is 0 Å². The highest BCUT2D eigenvalue weighted by molar-refractivity contribution is 6.29. The van der Waals surface area contributed by atoms with E-state index < -0.39 is 40.7 Å². The Bertz CT molecular complexity index is 6660. The van der Waals surface area contributed by atoms with Gasteiger partial charge in [0.15, 0.2) is 63.8 Å². The van der Waals surface area contributed by atoms with E-state index >= 15 is 8.78 Å². The summed E-state index contributed by atoms with van der Waals surface area (Å²) >= 11 is 5.98. The third-order valence-electron chi connectivity index (χ3n) is 20.4. The fourth-order valence-corrected chi connectivity index (χ4v) is 13.7. The number of aryl methyl sites for hydroxylation is 2. The molecule has 46 heteroatoms. The first kappa shape index (κ1) is 96.2. The van der Waals surface area contributed by atoms with Crippen molar-refractivity contribution in [3.8, 4) is 136 Å². The SMILES string of the molecule is CCCCCOc1ccc(-n2nnnc2-c2cc(-c3cnn(C)c3)cnc2N)c(F)c1C.CCCn1cc(-c2cnc(N)c(-c3nnnn3-c3ccc(OCCCNC)c(F)c3F)c2)cn1.CNCCCOc1ccc(-n2nnnc2-c2cc(-c3ccnc(Cl)c3)cnc2N)c(F)c1F.CNCCCOc1ccc(-n2nnnc2-c2cc(-c3cnn(CC(C)C)c3)cnc2N)c(F)c1F. The zero-order valence-electron chi connectivity index (χ0n) is 74.4. The van der Waals surface area contributed by atoms with Crippen LogP contribution in [0, 0.1) is 53.6 Å². The summed E-state index contributed by atoms with van der Waals surface area (Å²) in [6, 6.07) is 21.8. The summed E-state index contributed by atoms with van der Waals surface area (Å²) in [6.07, 6.45) is 24.8. The van der Waals surface area contributed by atoms with E-state index in [1.165, 1.54) is 41.1 Å². The number of nitrogens with one attached hydrogen (secondary N) is 3. The van der Waals surface area contributed by atoms with E-state index in [9.17, 15) is 22.0 Å². The van der Waals surface area contributed by atoms with Crippen molar-refractivity contribution in [1.29, 1.82) is 0 Å². The number of nitrogens with two attached hydrogens (primary N) is 4. The molecule has 0 aliphatic carbocycles. The van der Waals surface area contributed by atoms with Gasteiger partial charge in [-0.3, -0.25) is 14.0 Å². The van der Waals surface area contributed by atoms with Crippen LogP contribution in [0.25, 0.3) is 113 Å². The molecule has 38 nitrogen and oxygen atoms in total. The predicted molar refractivity (Wildman–Crippen MR) is 487 cm³/mol. The summed E-state index contributed by atoms with van der Waals surface area (Å²) < 4.78 is 136. The molecule has 0 atom stereocenters. The van der Waals surface area contributed by atoms with E-state index in [1.54, 1.807) is 125 Å². The summed E-state index contributed by atoms with van der Waals surface area (Å²) in [7, 11) is 7.23. The van der Waals surface area contributed by atoms with E-state index in [2.05, 4.69) is 146 Å². The topological polar surface area (TPSA) is 469 Å². The standard InChI is InChI=1S/C23H27F2N9O.C22H25F2N9O.C22H25FN8O.C21H19ClF2N8O/c1-14(2)12-33-13-16(11-29-33)15-9-17(22(26)28-10-15)23-30-31-32-34(23)18-5-6-19(21(25)20(18)24)35-8-4-7-27-3;1-3-8-32-13-15(12-28-32)14-10-16(21(25)27-11-14)22-29-30-31-33(22)17-5-6-18(20(24)19(17)23)34-9-4-7-26-2;1-4-5-6-9-32-19-8-7-18(20(23)14(19)2)31-22(27-28-29-31)17-10-15(11-25-21(17)24)16-12-26-30(3)13-16;1-26-6-2-8-33-16-4-3-15(18(23)19(16)24)32-21(29-30-31-32)14-9-13(11-28-20(14)25)12-5-7-27-17(22)10-12/h5-6,9-11,13-14,27H,4,7-8,12H2,1-3H3,(H2,26,28);5-6,10-13,26H,3-4,7-9H2,1-2H3,(H2,25,27);7-8,10-13H,4-6,9H2,1-3H3,(H2,24,25);3-5,7,9-11,26H,2,6,8H2,1H3,(H2,25,28). The molecular weight excluding hydrogens is 1770 g/mol. The number of rotatable bonds is 36. The Morgan fingerprint density at radius 3 is 1.10 bits per heavy atom. The van der Waals surface area contributed by atoms with Gasteiger partial charge in [-0.1, -0.05) is 52.1 Å². The zero-order chi connectivity index (χ0) is 95.1. The van der Waals surface area contributed by atoms with Crippen molar-refractivity contribution in [3.63, 3.8) is 0 Å². The molecule has 0 aliphatic rings. The lowest BCUT2D eigenvalue weighted by Crippen LogP contribution is -2.12. The van der Waals surface area contributed by atoms with Crippen molar-refractivity contribution in [2.24, 2.45) is 13.0 Å². The Morgan fingerprint density at radius 2 is 0.731 bits per heavy atom. The average Bonchev–Trinajstić information content (AvgIpc) is 1.56. The Kier molecular flexibility index (Phi) is 32.6. The van der Waals surface area contributed by atoms with Crippen LogP contribution in [0.5, 0.6) is 23.0 Å². The number of ether oxygens (including phenoxy) is 4. The highest BCUT2D eigenvalue weighted by Crippen LogP contribution is 2.39. The van der Waals surface area contributed by atoms with Gasteiger partial charge in [0.2, 0.25) is 17.5 Å². The largest absolute Gasteiger partial charge is 0.493 e. The first-order chi connectivity index (χ1) is 64.9. The minimum Gasteiger partial charge on any atom is -0.493 e. The second-order valence-corrected chi connectivity index (χ2v) is 30.9. The average molecular weight is 1860 g/mol. The van der Waals surface area contributed by atoms with Gasteiger partial charge in [-0.05, 0) is 218 Å². The first-order valence-electron chi connectivity index (χ1n) is 42.4. The summed E-state index contributed by atoms with van der Waals surface area (Å²) in [6.45, 7) is 15.0. The van der Waals surface area contributed by atoms with Gasteiger partial charge < -0.3 is 57.8 Å². The van der Waals surface area contributed by atoms with Gasteiger partial charge in [0.25, 0.3) is 0 Å². The fourth-order valence-electron chi connectivity index (χ4n) is 13.5. The molecule has 0 aliphatic heterocycles. The minimum absolute atomic E-state index is 0.0861. The van der Waals surface area contributed by atoms with Gasteiger partial charge in [0.1, 0.15) is 56.9 Å².